The fourth-order valence-electron chi connectivity index (χ4n) is 3.15. The third-order valence-electron chi connectivity index (χ3n) is 4.48. The summed E-state index contributed by atoms with van der Waals surface area (Å²) < 4.78 is 0. The maximum atomic E-state index is 12.5. The standard InChI is InChI=1S/C19H21NO/c1-15(19(21)17-10-6-3-7-11-17)20-13-12-18(14-20)16-8-4-2-5-9-16/h2-11,15,18H,12-14H2,1H3. The molecule has 2 atom stereocenters. The first-order valence-corrected chi connectivity index (χ1v) is 7.64. The molecule has 0 radical (unpaired) electrons. The zero-order valence-corrected chi connectivity index (χ0v) is 12.4. The molecule has 2 aromatic carbocycles. The molecule has 1 heterocycles. The zero-order chi connectivity index (χ0) is 14.7. The molecule has 0 spiro atoms. The summed E-state index contributed by atoms with van der Waals surface area (Å²) in [5, 5.41) is 0. The van der Waals surface area contributed by atoms with Crippen LogP contribution in [-0.2, 0) is 0 Å². The lowest BCUT2D eigenvalue weighted by Crippen LogP contribution is -2.37. The lowest BCUT2D eigenvalue weighted by molar-refractivity contribution is 0.0865. The van der Waals surface area contributed by atoms with Crippen LogP contribution in [0.5, 0.6) is 0 Å². The predicted molar refractivity (Wildman–Crippen MR) is 85.6 cm³/mol. The first-order valence-electron chi connectivity index (χ1n) is 7.64. The highest BCUT2D eigenvalue weighted by atomic mass is 16.1. The van der Waals surface area contributed by atoms with Gasteiger partial charge in [-0.25, -0.2) is 0 Å². The van der Waals surface area contributed by atoms with E-state index in [9.17, 15) is 4.79 Å². The van der Waals surface area contributed by atoms with Gasteiger partial charge in [0.1, 0.15) is 0 Å². The van der Waals surface area contributed by atoms with Gasteiger partial charge in [-0.15, -0.1) is 0 Å². The summed E-state index contributed by atoms with van der Waals surface area (Å²) in [6, 6.07) is 20.2. The average molecular weight is 279 g/mol. The minimum absolute atomic E-state index is 0.0406. The lowest BCUT2D eigenvalue weighted by atomic mass is 9.98. The molecular weight excluding hydrogens is 258 g/mol. The third-order valence-corrected chi connectivity index (χ3v) is 4.48. The Morgan fingerprint density at radius 3 is 2.33 bits per heavy atom. The van der Waals surface area contributed by atoms with Crippen molar-refractivity contribution >= 4 is 5.78 Å². The van der Waals surface area contributed by atoms with Crippen molar-refractivity contribution in [3.05, 3.63) is 71.8 Å². The van der Waals surface area contributed by atoms with Gasteiger partial charge in [-0.3, -0.25) is 9.69 Å². The summed E-state index contributed by atoms with van der Waals surface area (Å²) >= 11 is 0. The monoisotopic (exact) mass is 279 g/mol. The van der Waals surface area contributed by atoms with E-state index in [-0.39, 0.29) is 11.8 Å². The van der Waals surface area contributed by atoms with Crippen LogP contribution in [0.25, 0.3) is 0 Å². The molecule has 2 nitrogen and oxygen atoms in total. The molecular formula is C19H21NO. The topological polar surface area (TPSA) is 20.3 Å². The number of carbonyl (C=O) groups is 1. The smallest absolute Gasteiger partial charge is 0.179 e. The van der Waals surface area contributed by atoms with Crippen LogP contribution < -0.4 is 0 Å². The quantitative estimate of drug-likeness (QED) is 0.794. The lowest BCUT2D eigenvalue weighted by Gasteiger charge is -2.23. The van der Waals surface area contributed by atoms with E-state index >= 15 is 0 Å². The van der Waals surface area contributed by atoms with Crippen molar-refractivity contribution in [2.75, 3.05) is 13.1 Å². The summed E-state index contributed by atoms with van der Waals surface area (Å²) in [5.74, 6) is 0.779. The number of rotatable bonds is 4. The van der Waals surface area contributed by atoms with E-state index in [1.165, 1.54) is 5.56 Å². The summed E-state index contributed by atoms with van der Waals surface area (Å²) in [5.41, 5.74) is 2.20. The van der Waals surface area contributed by atoms with Gasteiger partial charge < -0.3 is 0 Å². The molecule has 1 saturated heterocycles. The molecule has 0 aromatic heterocycles. The highest BCUT2D eigenvalue weighted by Crippen LogP contribution is 2.28. The normalized spacial score (nSPS) is 20.3. The van der Waals surface area contributed by atoms with Crippen molar-refractivity contribution in [2.24, 2.45) is 0 Å². The Morgan fingerprint density at radius 2 is 1.67 bits per heavy atom. The molecule has 1 fully saturated rings. The molecule has 0 bridgehead atoms. The van der Waals surface area contributed by atoms with Gasteiger partial charge in [-0.2, -0.15) is 0 Å². The molecule has 3 rings (SSSR count). The molecule has 0 aliphatic carbocycles. The SMILES string of the molecule is CC(C(=O)c1ccccc1)N1CCC(c2ccccc2)C1. The van der Waals surface area contributed by atoms with Crippen LogP contribution in [0, 0.1) is 0 Å². The molecule has 2 unspecified atom stereocenters. The highest BCUT2D eigenvalue weighted by molar-refractivity contribution is 5.99. The van der Waals surface area contributed by atoms with E-state index < -0.39 is 0 Å². The highest BCUT2D eigenvalue weighted by Gasteiger charge is 2.30. The van der Waals surface area contributed by atoms with E-state index in [4.69, 9.17) is 0 Å². The average Bonchev–Trinajstić information content (AvgIpc) is 3.05. The van der Waals surface area contributed by atoms with Crippen molar-refractivity contribution in [3.63, 3.8) is 0 Å². The molecule has 2 heteroatoms. The van der Waals surface area contributed by atoms with Gasteiger partial charge in [0.25, 0.3) is 0 Å². The van der Waals surface area contributed by atoms with E-state index in [1.807, 2.05) is 37.3 Å². The Labute approximate surface area is 126 Å². The van der Waals surface area contributed by atoms with Crippen molar-refractivity contribution in [1.29, 1.82) is 0 Å². The number of ketones is 1. The van der Waals surface area contributed by atoms with Crippen LogP contribution in [0.3, 0.4) is 0 Å². The number of hydrogen-bond acceptors (Lipinski definition) is 2. The van der Waals surface area contributed by atoms with Crippen LogP contribution >= 0.6 is 0 Å². The second kappa shape index (κ2) is 6.23. The maximum Gasteiger partial charge on any atom is 0.179 e. The summed E-state index contributed by atoms with van der Waals surface area (Å²) in [6.45, 7) is 4.01. The minimum Gasteiger partial charge on any atom is -0.293 e. The van der Waals surface area contributed by atoms with Gasteiger partial charge in [-0.05, 0) is 31.4 Å². The van der Waals surface area contributed by atoms with Gasteiger partial charge in [0.05, 0.1) is 6.04 Å². The molecule has 0 amide bonds. The number of hydrogen-bond donors (Lipinski definition) is 0. The number of carbonyl (C=O) groups excluding carboxylic acids is 1. The van der Waals surface area contributed by atoms with E-state index in [1.54, 1.807) is 0 Å². The first-order chi connectivity index (χ1) is 10.3. The number of benzene rings is 2. The van der Waals surface area contributed by atoms with Crippen LogP contribution in [0.2, 0.25) is 0 Å². The van der Waals surface area contributed by atoms with E-state index in [2.05, 4.69) is 35.2 Å². The Morgan fingerprint density at radius 1 is 1.05 bits per heavy atom. The molecule has 2 aromatic rings. The molecule has 0 N–H and O–H groups in total. The zero-order valence-electron chi connectivity index (χ0n) is 12.4. The van der Waals surface area contributed by atoms with Crippen molar-refractivity contribution < 1.29 is 4.79 Å². The van der Waals surface area contributed by atoms with Gasteiger partial charge >= 0.3 is 0 Å². The van der Waals surface area contributed by atoms with Crippen molar-refractivity contribution in [3.8, 4) is 0 Å². The minimum atomic E-state index is -0.0406. The number of nitrogens with zero attached hydrogens (tertiary/aromatic N) is 1. The Bertz CT molecular complexity index is 593. The second-order valence-electron chi connectivity index (χ2n) is 5.80. The van der Waals surface area contributed by atoms with Gasteiger partial charge in [0.15, 0.2) is 5.78 Å². The Kier molecular flexibility index (Phi) is 4.16. The number of likely N-dealkylation sites (tertiary alicyclic amines) is 1. The fraction of sp³-hybridized carbons (Fsp3) is 0.316. The largest absolute Gasteiger partial charge is 0.293 e. The summed E-state index contributed by atoms with van der Waals surface area (Å²) in [7, 11) is 0. The molecule has 0 saturated carbocycles. The van der Waals surface area contributed by atoms with Crippen LogP contribution in [0.4, 0.5) is 0 Å². The maximum absolute atomic E-state index is 12.5. The van der Waals surface area contributed by atoms with E-state index in [0.29, 0.717) is 5.92 Å². The fourth-order valence-corrected chi connectivity index (χ4v) is 3.15. The summed E-state index contributed by atoms with van der Waals surface area (Å²) in [6.07, 6.45) is 1.14. The Hall–Kier alpha value is -1.93. The summed E-state index contributed by atoms with van der Waals surface area (Å²) in [4.78, 5) is 14.8. The van der Waals surface area contributed by atoms with Crippen molar-refractivity contribution in [1.82, 2.24) is 4.90 Å². The second-order valence-corrected chi connectivity index (χ2v) is 5.80. The third kappa shape index (κ3) is 3.06. The van der Waals surface area contributed by atoms with Crippen LogP contribution in [0.15, 0.2) is 60.7 Å². The van der Waals surface area contributed by atoms with Crippen LogP contribution in [0.1, 0.15) is 35.2 Å². The Balaban J connectivity index is 1.67. The molecule has 21 heavy (non-hydrogen) atoms. The number of Topliss-reactive ketones (excluding diaryl/α,β-unsaturated/α-hetero) is 1. The molecule has 108 valence electrons. The van der Waals surface area contributed by atoms with Gasteiger partial charge in [-0.1, -0.05) is 60.7 Å². The van der Waals surface area contributed by atoms with E-state index in [0.717, 1.165) is 25.1 Å². The molecule has 1 aliphatic heterocycles. The molecule has 1 aliphatic rings. The van der Waals surface area contributed by atoms with Crippen molar-refractivity contribution in [2.45, 2.75) is 25.3 Å². The van der Waals surface area contributed by atoms with Crippen LogP contribution in [-0.4, -0.2) is 29.8 Å². The predicted octanol–water partition coefficient (Wildman–Crippen LogP) is 3.75. The first kappa shape index (κ1) is 14.0. The van der Waals surface area contributed by atoms with Gasteiger partial charge in [0.2, 0.25) is 0 Å². The van der Waals surface area contributed by atoms with Gasteiger partial charge in [0, 0.05) is 12.1 Å².